The zero-order valence-corrected chi connectivity index (χ0v) is 15.1. The van der Waals surface area contributed by atoms with Crippen LogP contribution in [0.25, 0.3) is 0 Å². The lowest BCUT2D eigenvalue weighted by molar-refractivity contribution is 0.0708. The van der Waals surface area contributed by atoms with Crippen LogP contribution in [-0.4, -0.2) is 34.3 Å². The zero-order chi connectivity index (χ0) is 19.1. The molecule has 0 saturated heterocycles. The molecule has 27 heavy (non-hydrogen) atoms. The SMILES string of the molecule is COCCn1nc(C(=O)N(Cc2ccccc2)Cc2ccco2)ccc1=O. The second-order valence-electron chi connectivity index (χ2n) is 6.00. The third-order valence-electron chi connectivity index (χ3n) is 4.02. The van der Waals surface area contributed by atoms with Crippen LogP contribution in [0.3, 0.4) is 0 Å². The van der Waals surface area contributed by atoms with E-state index in [1.54, 1.807) is 24.3 Å². The molecule has 140 valence electrons. The van der Waals surface area contributed by atoms with E-state index in [0.29, 0.717) is 25.5 Å². The van der Waals surface area contributed by atoms with Crippen molar-refractivity contribution in [3.8, 4) is 0 Å². The Kier molecular flexibility index (Phi) is 6.17. The van der Waals surface area contributed by atoms with Gasteiger partial charge in [-0.15, -0.1) is 0 Å². The molecule has 1 aromatic carbocycles. The summed E-state index contributed by atoms with van der Waals surface area (Å²) < 4.78 is 11.6. The van der Waals surface area contributed by atoms with Crippen LogP contribution in [0.1, 0.15) is 21.8 Å². The van der Waals surface area contributed by atoms with Gasteiger partial charge in [0.25, 0.3) is 11.5 Å². The lowest BCUT2D eigenvalue weighted by Crippen LogP contribution is -2.33. The molecular formula is C20H21N3O4. The minimum absolute atomic E-state index is 0.202. The van der Waals surface area contributed by atoms with Crippen molar-refractivity contribution in [3.05, 3.63) is 88.2 Å². The highest BCUT2D eigenvalue weighted by Gasteiger charge is 2.20. The quantitative estimate of drug-likeness (QED) is 0.611. The van der Waals surface area contributed by atoms with Crippen molar-refractivity contribution in [1.29, 1.82) is 0 Å². The first kappa shape index (κ1) is 18.6. The number of ether oxygens (including phenoxy) is 1. The van der Waals surface area contributed by atoms with Crippen LogP contribution in [0.5, 0.6) is 0 Å². The predicted molar refractivity (Wildman–Crippen MR) is 99.1 cm³/mol. The van der Waals surface area contributed by atoms with E-state index < -0.39 is 0 Å². The predicted octanol–water partition coefficient (Wildman–Crippen LogP) is 2.33. The number of benzene rings is 1. The maximum Gasteiger partial charge on any atom is 0.275 e. The second-order valence-corrected chi connectivity index (χ2v) is 6.00. The normalized spacial score (nSPS) is 10.7. The summed E-state index contributed by atoms with van der Waals surface area (Å²) in [5.41, 5.74) is 0.919. The van der Waals surface area contributed by atoms with Crippen molar-refractivity contribution in [1.82, 2.24) is 14.7 Å². The van der Waals surface area contributed by atoms with Crippen molar-refractivity contribution in [2.24, 2.45) is 0 Å². The first-order valence-corrected chi connectivity index (χ1v) is 8.60. The molecule has 3 aromatic rings. The first-order chi connectivity index (χ1) is 13.2. The fourth-order valence-corrected chi connectivity index (χ4v) is 2.66. The second kappa shape index (κ2) is 8.95. The van der Waals surface area contributed by atoms with E-state index in [2.05, 4.69) is 5.10 Å². The molecule has 0 radical (unpaired) electrons. The standard InChI is InChI=1S/C20H21N3O4/c1-26-13-11-23-19(24)10-9-18(21-23)20(25)22(15-17-8-5-12-27-17)14-16-6-3-2-4-7-16/h2-10,12H,11,13-15H2,1H3. The molecule has 7 heteroatoms. The number of hydrogen-bond donors (Lipinski definition) is 0. The summed E-state index contributed by atoms with van der Waals surface area (Å²) in [7, 11) is 1.55. The highest BCUT2D eigenvalue weighted by atomic mass is 16.5. The summed E-state index contributed by atoms with van der Waals surface area (Å²) in [6, 6.07) is 16.1. The fraction of sp³-hybridized carbons (Fsp3) is 0.250. The van der Waals surface area contributed by atoms with Gasteiger partial charge < -0.3 is 14.1 Å². The number of nitrogens with zero attached hydrogens (tertiary/aromatic N) is 3. The van der Waals surface area contributed by atoms with E-state index in [-0.39, 0.29) is 23.7 Å². The molecule has 0 aliphatic rings. The molecule has 0 spiro atoms. The van der Waals surface area contributed by atoms with Gasteiger partial charge in [0.05, 0.1) is 26.0 Å². The van der Waals surface area contributed by atoms with Crippen LogP contribution < -0.4 is 5.56 Å². The summed E-state index contributed by atoms with van der Waals surface area (Å²) in [5, 5.41) is 4.20. The maximum atomic E-state index is 13.1. The number of rotatable bonds is 8. The van der Waals surface area contributed by atoms with Gasteiger partial charge in [-0.05, 0) is 23.8 Å². The Morgan fingerprint density at radius 3 is 2.63 bits per heavy atom. The first-order valence-electron chi connectivity index (χ1n) is 8.60. The molecule has 0 unspecified atom stereocenters. The molecule has 7 nitrogen and oxygen atoms in total. The van der Waals surface area contributed by atoms with Crippen LogP contribution in [0.2, 0.25) is 0 Å². The molecule has 2 heterocycles. The Morgan fingerprint density at radius 2 is 1.93 bits per heavy atom. The van der Waals surface area contributed by atoms with Gasteiger partial charge in [0.2, 0.25) is 0 Å². The van der Waals surface area contributed by atoms with Gasteiger partial charge in [-0.1, -0.05) is 30.3 Å². The maximum absolute atomic E-state index is 13.1. The lowest BCUT2D eigenvalue weighted by Gasteiger charge is -2.21. The number of aromatic nitrogens is 2. The van der Waals surface area contributed by atoms with E-state index in [1.807, 2.05) is 36.4 Å². The number of furan rings is 1. The van der Waals surface area contributed by atoms with Gasteiger partial charge in [-0.25, -0.2) is 4.68 Å². The molecule has 0 aliphatic carbocycles. The van der Waals surface area contributed by atoms with Gasteiger partial charge in [-0.3, -0.25) is 9.59 Å². The molecule has 2 aromatic heterocycles. The molecule has 0 atom stereocenters. The Hall–Kier alpha value is -3.19. The minimum atomic E-state index is -0.276. The molecule has 0 fully saturated rings. The molecular weight excluding hydrogens is 346 g/mol. The van der Waals surface area contributed by atoms with Crippen LogP contribution in [0.4, 0.5) is 0 Å². The average Bonchev–Trinajstić information content (AvgIpc) is 3.20. The highest BCUT2D eigenvalue weighted by Crippen LogP contribution is 2.13. The number of carbonyl (C=O) groups excluding carboxylic acids is 1. The van der Waals surface area contributed by atoms with Gasteiger partial charge in [0.1, 0.15) is 11.5 Å². The lowest BCUT2D eigenvalue weighted by atomic mass is 10.2. The summed E-state index contributed by atoms with van der Waals surface area (Å²) in [5.74, 6) is 0.397. The Morgan fingerprint density at radius 1 is 1.11 bits per heavy atom. The third kappa shape index (κ3) is 4.92. The molecule has 0 saturated carbocycles. The van der Waals surface area contributed by atoms with Crippen molar-refractivity contribution in [2.45, 2.75) is 19.6 Å². The molecule has 3 rings (SSSR count). The Bertz CT molecular complexity index is 920. The van der Waals surface area contributed by atoms with E-state index in [9.17, 15) is 9.59 Å². The van der Waals surface area contributed by atoms with Crippen molar-refractivity contribution in [3.63, 3.8) is 0 Å². The average molecular weight is 367 g/mol. The number of hydrogen-bond acceptors (Lipinski definition) is 5. The van der Waals surface area contributed by atoms with Gasteiger partial charge in [0, 0.05) is 19.7 Å². The third-order valence-corrected chi connectivity index (χ3v) is 4.02. The zero-order valence-electron chi connectivity index (χ0n) is 15.1. The van der Waals surface area contributed by atoms with E-state index in [4.69, 9.17) is 9.15 Å². The molecule has 1 amide bonds. The monoisotopic (exact) mass is 367 g/mol. The largest absolute Gasteiger partial charge is 0.467 e. The fourth-order valence-electron chi connectivity index (χ4n) is 2.66. The summed E-state index contributed by atoms with van der Waals surface area (Å²) in [4.78, 5) is 26.7. The van der Waals surface area contributed by atoms with Crippen LogP contribution in [-0.2, 0) is 24.4 Å². The van der Waals surface area contributed by atoms with Crippen molar-refractivity contribution < 1.29 is 13.9 Å². The molecule has 0 N–H and O–H groups in total. The summed E-state index contributed by atoms with van der Waals surface area (Å²) >= 11 is 0. The van der Waals surface area contributed by atoms with Crippen molar-refractivity contribution in [2.75, 3.05) is 13.7 Å². The smallest absolute Gasteiger partial charge is 0.275 e. The van der Waals surface area contributed by atoms with E-state index in [0.717, 1.165) is 5.56 Å². The highest BCUT2D eigenvalue weighted by molar-refractivity contribution is 5.92. The Balaban J connectivity index is 1.86. The van der Waals surface area contributed by atoms with Crippen LogP contribution in [0.15, 0.2) is 70.1 Å². The number of amides is 1. The van der Waals surface area contributed by atoms with Crippen molar-refractivity contribution >= 4 is 5.91 Å². The van der Waals surface area contributed by atoms with Crippen LogP contribution >= 0.6 is 0 Å². The molecule has 0 bridgehead atoms. The number of methoxy groups -OCH3 is 1. The van der Waals surface area contributed by atoms with Gasteiger partial charge in [-0.2, -0.15) is 5.10 Å². The van der Waals surface area contributed by atoms with Gasteiger partial charge >= 0.3 is 0 Å². The van der Waals surface area contributed by atoms with Gasteiger partial charge in [0.15, 0.2) is 0 Å². The summed E-state index contributed by atoms with van der Waals surface area (Å²) in [6.45, 7) is 1.33. The Labute approximate surface area is 156 Å². The number of carbonyl (C=O) groups is 1. The van der Waals surface area contributed by atoms with E-state index in [1.165, 1.54) is 16.8 Å². The van der Waals surface area contributed by atoms with Crippen LogP contribution in [0, 0.1) is 0 Å². The summed E-state index contributed by atoms with van der Waals surface area (Å²) in [6.07, 6.45) is 1.57. The minimum Gasteiger partial charge on any atom is -0.467 e. The molecule has 0 aliphatic heterocycles. The topological polar surface area (TPSA) is 77.6 Å². The van der Waals surface area contributed by atoms with E-state index >= 15 is 0 Å².